The summed E-state index contributed by atoms with van der Waals surface area (Å²) >= 11 is 12.1. The van der Waals surface area contributed by atoms with Gasteiger partial charge in [0.15, 0.2) is 5.78 Å². The molecule has 0 aliphatic carbocycles. The molecule has 0 spiro atoms. The summed E-state index contributed by atoms with van der Waals surface area (Å²) in [6.07, 6.45) is -0.649. The van der Waals surface area contributed by atoms with Crippen LogP contribution in [-0.2, 0) is 29.3 Å². The number of carbonyl (C=O) groups excluding carboxylic acids is 4. The zero-order valence-corrected chi connectivity index (χ0v) is 26.9. The topological polar surface area (TPSA) is 199 Å². The Labute approximate surface area is 276 Å². The van der Waals surface area contributed by atoms with Gasteiger partial charge >= 0.3 is 0 Å². The highest BCUT2D eigenvalue weighted by molar-refractivity contribution is 7.86. The summed E-state index contributed by atoms with van der Waals surface area (Å²) in [5.41, 5.74) is 15.5. The van der Waals surface area contributed by atoms with Crippen LogP contribution in [0.15, 0.2) is 97.1 Å². The van der Waals surface area contributed by atoms with Crippen molar-refractivity contribution in [2.45, 2.75) is 19.8 Å². The number of ketones is 2. The highest BCUT2D eigenvalue weighted by Gasteiger charge is 2.16. The van der Waals surface area contributed by atoms with E-state index in [0.717, 1.165) is 11.1 Å². The zero-order chi connectivity index (χ0) is 34.3. The van der Waals surface area contributed by atoms with Gasteiger partial charge in [-0.1, -0.05) is 77.8 Å². The van der Waals surface area contributed by atoms with E-state index in [4.69, 9.17) is 39.2 Å². The van der Waals surface area contributed by atoms with Crippen molar-refractivity contribution in [1.29, 1.82) is 0 Å². The molecular weight excluding hydrogens is 655 g/mol. The molecule has 14 heteroatoms. The van der Waals surface area contributed by atoms with Crippen LogP contribution in [0.25, 0.3) is 11.1 Å². The molecule has 0 aromatic heterocycles. The molecule has 0 fully saturated rings. The second kappa shape index (κ2) is 18.3. The van der Waals surface area contributed by atoms with Crippen LogP contribution in [0, 0.1) is 0 Å². The van der Waals surface area contributed by atoms with Crippen LogP contribution in [0.5, 0.6) is 0 Å². The number of halogens is 2. The van der Waals surface area contributed by atoms with Gasteiger partial charge in [-0.05, 0) is 55.0 Å². The van der Waals surface area contributed by atoms with E-state index in [9.17, 15) is 27.6 Å². The summed E-state index contributed by atoms with van der Waals surface area (Å²) in [6, 6.07) is 28.5. The standard InChI is InChI=1S/C12H10Cl2N2.C10H11NO5S.C10H11NO2/c13-11-9(5-6-10(16)12(11)14)7-1-3-8(15)4-2-7;12-9(7-17(14,15)16)6-10(13)11-8-4-2-1-3-5-8;1-8(12)7-10(13)11-9-5-3-2-4-6-9/h1-6H,15-16H2;1-5H,6-7H2,(H,11,13)(H,14,15,16);2-6H,7H2,1H3,(H,11,13). The predicted octanol–water partition coefficient (Wildman–Crippen LogP) is 5.90. The summed E-state index contributed by atoms with van der Waals surface area (Å²) in [6.45, 7) is 1.39. The average Bonchev–Trinajstić information content (AvgIpc) is 2.97. The number of amides is 2. The van der Waals surface area contributed by atoms with E-state index < -0.39 is 34.0 Å². The Morgan fingerprint density at radius 2 is 1.17 bits per heavy atom. The molecule has 4 aromatic rings. The molecule has 4 aromatic carbocycles. The maximum Gasteiger partial charge on any atom is 0.272 e. The van der Waals surface area contributed by atoms with Crippen molar-refractivity contribution >= 4 is 79.5 Å². The van der Waals surface area contributed by atoms with Crippen LogP contribution in [-0.4, -0.2) is 42.1 Å². The van der Waals surface area contributed by atoms with Crippen molar-refractivity contribution in [2.75, 3.05) is 27.9 Å². The Balaban J connectivity index is 0.000000242. The van der Waals surface area contributed by atoms with Gasteiger partial charge in [0.1, 0.15) is 11.5 Å². The maximum atomic E-state index is 11.3. The second-order valence-corrected chi connectivity index (χ2v) is 11.8. The first-order valence-corrected chi connectivity index (χ1v) is 15.8. The van der Waals surface area contributed by atoms with E-state index >= 15 is 0 Å². The predicted molar refractivity (Wildman–Crippen MR) is 182 cm³/mol. The Hall–Kier alpha value is -4.75. The molecule has 0 saturated heterocycles. The van der Waals surface area contributed by atoms with Gasteiger partial charge in [0.05, 0.1) is 28.6 Å². The first-order chi connectivity index (χ1) is 21.6. The lowest BCUT2D eigenvalue weighted by molar-refractivity contribution is -0.125. The van der Waals surface area contributed by atoms with Gasteiger partial charge in [0, 0.05) is 22.6 Å². The summed E-state index contributed by atoms with van der Waals surface area (Å²) in [5, 5.41) is 5.89. The SMILES string of the molecule is CC(=O)CC(=O)Nc1ccccc1.Nc1ccc(-c2ccc(N)c(Cl)c2Cl)cc1.O=C(CC(=O)Nc1ccccc1)CS(=O)(=O)O. The van der Waals surface area contributed by atoms with Crippen molar-refractivity contribution in [3.05, 3.63) is 107 Å². The molecule has 0 aliphatic rings. The minimum atomic E-state index is -4.37. The fourth-order valence-corrected chi connectivity index (χ4v) is 4.52. The van der Waals surface area contributed by atoms with Crippen molar-refractivity contribution in [1.82, 2.24) is 0 Å². The quantitative estimate of drug-likeness (QED) is 0.0807. The van der Waals surface area contributed by atoms with Crippen LogP contribution < -0.4 is 22.1 Å². The molecular formula is C32H32Cl2N4O7S. The maximum absolute atomic E-state index is 11.3. The lowest BCUT2D eigenvalue weighted by atomic mass is 10.0. The van der Waals surface area contributed by atoms with Gasteiger partial charge in [-0.25, -0.2) is 0 Å². The minimum absolute atomic E-state index is 0.0606. The molecule has 0 heterocycles. The number of anilines is 4. The number of benzene rings is 4. The first-order valence-electron chi connectivity index (χ1n) is 13.4. The van der Waals surface area contributed by atoms with Gasteiger partial charge in [-0.3, -0.25) is 23.7 Å². The molecule has 0 bridgehead atoms. The Morgan fingerprint density at radius 3 is 1.63 bits per heavy atom. The van der Waals surface area contributed by atoms with Crippen LogP contribution in [0.4, 0.5) is 22.7 Å². The van der Waals surface area contributed by atoms with E-state index in [1.165, 1.54) is 6.92 Å². The number of rotatable bonds is 9. The Bertz CT molecular complexity index is 1750. The smallest absolute Gasteiger partial charge is 0.272 e. The van der Waals surface area contributed by atoms with Crippen LogP contribution in [0.3, 0.4) is 0 Å². The van der Waals surface area contributed by atoms with Gasteiger partial charge in [0.25, 0.3) is 10.1 Å². The first kappa shape index (κ1) is 37.4. The van der Waals surface area contributed by atoms with E-state index in [1.54, 1.807) is 48.5 Å². The Kier molecular flexibility index (Phi) is 14.9. The number of nitrogens with two attached hydrogens (primary N) is 2. The molecule has 0 unspecified atom stereocenters. The molecule has 242 valence electrons. The zero-order valence-electron chi connectivity index (χ0n) is 24.6. The number of Topliss-reactive ketones (excluding diaryl/α,β-unsaturated/α-hetero) is 2. The number of nitrogens with one attached hydrogen (secondary N) is 2. The summed E-state index contributed by atoms with van der Waals surface area (Å²) in [7, 11) is -4.37. The molecule has 11 nitrogen and oxygen atoms in total. The van der Waals surface area contributed by atoms with Gasteiger partial charge in [-0.2, -0.15) is 8.42 Å². The molecule has 46 heavy (non-hydrogen) atoms. The average molecular weight is 688 g/mol. The van der Waals surface area contributed by atoms with Crippen molar-refractivity contribution in [3.8, 4) is 11.1 Å². The number of hydrogen-bond donors (Lipinski definition) is 5. The number of carbonyl (C=O) groups is 4. The van der Waals surface area contributed by atoms with Gasteiger partial charge < -0.3 is 22.1 Å². The van der Waals surface area contributed by atoms with Crippen molar-refractivity contribution < 1.29 is 32.1 Å². The molecule has 0 aliphatic heterocycles. The molecule has 0 atom stereocenters. The normalized spacial score (nSPS) is 10.3. The number of para-hydroxylation sites is 2. The molecule has 0 radical (unpaired) electrons. The fourth-order valence-electron chi connectivity index (χ4n) is 3.56. The second-order valence-electron chi connectivity index (χ2n) is 9.60. The third-order valence-electron chi connectivity index (χ3n) is 5.56. The van der Waals surface area contributed by atoms with Crippen LogP contribution in [0.2, 0.25) is 10.0 Å². The largest absolute Gasteiger partial charge is 0.399 e. The molecule has 2 amide bonds. The highest BCUT2D eigenvalue weighted by atomic mass is 35.5. The fraction of sp³-hybridized carbons (Fsp3) is 0.125. The lowest BCUT2D eigenvalue weighted by Crippen LogP contribution is -2.22. The third kappa shape index (κ3) is 14.4. The van der Waals surface area contributed by atoms with Gasteiger partial charge in [-0.15, -0.1) is 0 Å². The van der Waals surface area contributed by atoms with Gasteiger partial charge in [0.2, 0.25) is 11.8 Å². The highest BCUT2D eigenvalue weighted by Crippen LogP contribution is 2.37. The van der Waals surface area contributed by atoms with E-state index in [-0.39, 0.29) is 18.1 Å². The summed E-state index contributed by atoms with van der Waals surface area (Å²) < 4.78 is 29.2. The third-order valence-corrected chi connectivity index (χ3v) is 7.14. The molecule has 7 N–H and O–H groups in total. The summed E-state index contributed by atoms with van der Waals surface area (Å²) in [4.78, 5) is 44.0. The van der Waals surface area contributed by atoms with Crippen LogP contribution >= 0.6 is 23.2 Å². The summed E-state index contributed by atoms with van der Waals surface area (Å²) in [5.74, 6) is -2.92. The van der Waals surface area contributed by atoms with E-state index in [2.05, 4.69) is 10.6 Å². The minimum Gasteiger partial charge on any atom is -0.399 e. The number of hydrogen-bond acceptors (Lipinski definition) is 8. The lowest BCUT2D eigenvalue weighted by Gasteiger charge is -2.08. The number of nitrogen functional groups attached to an aromatic ring is 2. The monoisotopic (exact) mass is 686 g/mol. The van der Waals surface area contributed by atoms with Crippen molar-refractivity contribution in [2.24, 2.45) is 0 Å². The van der Waals surface area contributed by atoms with Crippen molar-refractivity contribution in [3.63, 3.8) is 0 Å². The van der Waals surface area contributed by atoms with E-state index in [1.807, 2.05) is 48.5 Å². The Morgan fingerprint density at radius 1 is 0.696 bits per heavy atom. The van der Waals surface area contributed by atoms with E-state index in [0.29, 0.717) is 32.8 Å². The molecule has 0 saturated carbocycles. The molecule has 4 rings (SSSR count). The van der Waals surface area contributed by atoms with Crippen LogP contribution in [0.1, 0.15) is 19.8 Å².